The molecule has 0 spiro atoms. The number of aromatic carboxylic acids is 1. The Kier molecular flexibility index (Phi) is 4.71. The van der Waals surface area contributed by atoms with Crippen LogP contribution in [0, 0.1) is 0 Å². The maximum Gasteiger partial charge on any atom is 0.185 e. The number of carbonyl (C=O) groups is 1. The first-order valence-corrected chi connectivity index (χ1v) is 5.54. The zero-order valence-corrected chi connectivity index (χ0v) is 10.4. The van der Waals surface area contributed by atoms with Crippen molar-refractivity contribution in [2.24, 2.45) is 0 Å². The van der Waals surface area contributed by atoms with Crippen molar-refractivity contribution in [3.8, 4) is 0 Å². The van der Waals surface area contributed by atoms with Gasteiger partial charge in [-0.3, -0.25) is 10.9 Å². The summed E-state index contributed by atoms with van der Waals surface area (Å²) in [5.41, 5.74) is 6.48. The highest BCUT2D eigenvalue weighted by atomic mass is 32.1. The molecule has 1 aromatic carbocycles. The summed E-state index contributed by atoms with van der Waals surface area (Å²) in [6, 6.07) is 6.40. The lowest BCUT2D eigenvalue weighted by atomic mass is 10.2. The predicted octanol–water partition coefficient (Wildman–Crippen LogP) is 0.249. The van der Waals surface area contributed by atoms with Crippen molar-refractivity contribution in [3.05, 3.63) is 29.8 Å². The molecule has 1 rings (SSSR count). The zero-order chi connectivity index (χ0) is 12.8. The van der Waals surface area contributed by atoms with E-state index >= 15 is 0 Å². The average molecular weight is 252 g/mol. The number of hydrogen-bond acceptors (Lipinski definition) is 4. The Balaban J connectivity index is 2.47. The van der Waals surface area contributed by atoms with E-state index in [1.807, 2.05) is 13.8 Å². The Labute approximate surface area is 105 Å². The van der Waals surface area contributed by atoms with Gasteiger partial charge in [0.15, 0.2) is 5.11 Å². The van der Waals surface area contributed by atoms with Crippen LogP contribution in [0.15, 0.2) is 24.3 Å². The summed E-state index contributed by atoms with van der Waals surface area (Å²) in [4.78, 5) is 10.5. The molecule has 5 nitrogen and oxygen atoms in total. The van der Waals surface area contributed by atoms with Crippen LogP contribution in [-0.4, -0.2) is 17.1 Å². The molecule has 1 aromatic rings. The van der Waals surface area contributed by atoms with Crippen LogP contribution in [0.25, 0.3) is 0 Å². The van der Waals surface area contributed by atoms with Crippen LogP contribution in [0.3, 0.4) is 0 Å². The van der Waals surface area contributed by atoms with Crippen molar-refractivity contribution in [1.82, 2.24) is 10.7 Å². The number of anilines is 1. The first kappa shape index (κ1) is 13.2. The highest BCUT2D eigenvalue weighted by Crippen LogP contribution is 2.07. The quantitative estimate of drug-likeness (QED) is 0.527. The third-order valence-electron chi connectivity index (χ3n) is 1.86. The number of thiocarbonyl (C=S) groups is 1. The maximum atomic E-state index is 10.5. The smallest absolute Gasteiger partial charge is 0.185 e. The molecule has 0 atom stereocenters. The first-order chi connectivity index (χ1) is 7.99. The zero-order valence-electron chi connectivity index (χ0n) is 9.61. The molecule has 0 heterocycles. The number of hydrogen-bond donors (Lipinski definition) is 3. The van der Waals surface area contributed by atoms with Gasteiger partial charge in [-0.1, -0.05) is 12.1 Å². The molecule has 17 heavy (non-hydrogen) atoms. The Bertz CT molecular complexity index is 404. The molecule has 0 fully saturated rings. The van der Waals surface area contributed by atoms with Crippen molar-refractivity contribution in [3.63, 3.8) is 0 Å². The average Bonchev–Trinajstić information content (AvgIpc) is 2.26. The van der Waals surface area contributed by atoms with Gasteiger partial charge in [0.2, 0.25) is 0 Å². The van der Waals surface area contributed by atoms with E-state index in [1.165, 1.54) is 12.1 Å². The molecule has 0 radical (unpaired) electrons. The molecule has 3 N–H and O–H groups in total. The van der Waals surface area contributed by atoms with Gasteiger partial charge in [-0.15, -0.1) is 0 Å². The molecule has 0 unspecified atom stereocenters. The molecule has 0 aliphatic heterocycles. The molecular weight excluding hydrogens is 238 g/mol. The van der Waals surface area contributed by atoms with Crippen LogP contribution in [-0.2, 0) is 0 Å². The summed E-state index contributed by atoms with van der Waals surface area (Å²) in [6.45, 7) is 3.95. The minimum Gasteiger partial charge on any atom is -0.545 e. The molecule has 0 saturated carbocycles. The van der Waals surface area contributed by atoms with Gasteiger partial charge >= 0.3 is 0 Å². The van der Waals surface area contributed by atoms with E-state index in [0.29, 0.717) is 10.8 Å². The summed E-state index contributed by atoms with van der Waals surface area (Å²) >= 11 is 5.01. The van der Waals surface area contributed by atoms with Crippen molar-refractivity contribution in [2.45, 2.75) is 19.9 Å². The van der Waals surface area contributed by atoms with E-state index < -0.39 is 5.97 Å². The van der Waals surface area contributed by atoms with Gasteiger partial charge in [-0.2, -0.15) is 0 Å². The molecule has 0 bridgehead atoms. The Morgan fingerprint density at radius 3 is 2.35 bits per heavy atom. The molecule has 0 aliphatic carbocycles. The van der Waals surface area contributed by atoms with Gasteiger partial charge in [0.05, 0.1) is 11.7 Å². The summed E-state index contributed by atoms with van der Waals surface area (Å²) in [6.07, 6.45) is 0. The summed E-state index contributed by atoms with van der Waals surface area (Å²) in [5.74, 6) is -1.19. The lowest BCUT2D eigenvalue weighted by Gasteiger charge is -2.14. The van der Waals surface area contributed by atoms with Gasteiger partial charge in [-0.25, -0.2) is 0 Å². The van der Waals surface area contributed by atoms with Crippen LogP contribution in [0.5, 0.6) is 0 Å². The second-order valence-corrected chi connectivity index (χ2v) is 4.15. The number of rotatable bonds is 4. The third-order valence-corrected chi connectivity index (χ3v) is 2.08. The fourth-order valence-corrected chi connectivity index (χ4v) is 1.40. The van der Waals surface area contributed by atoms with E-state index in [0.717, 1.165) is 0 Å². The predicted molar refractivity (Wildman–Crippen MR) is 68.4 cm³/mol. The second kappa shape index (κ2) is 6.05. The van der Waals surface area contributed by atoms with Crippen molar-refractivity contribution in [1.29, 1.82) is 0 Å². The van der Waals surface area contributed by atoms with Crippen LogP contribution in [0.4, 0.5) is 5.69 Å². The number of hydrazine groups is 1. The number of carboxylic acids is 1. The fourth-order valence-electron chi connectivity index (χ4n) is 1.12. The van der Waals surface area contributed by atoms with E-state index in [-0.39, 0.29) is 11.6 Å². The van der Waals surface area contributed by atoms with Crippen molar-refractivity contribution in [2.75, 3.05) is 5.43 Å². The van der Waals surface area contributed by atoms with Crippen LogP contribution in [0.1, 0.15) is 24.2 Å². The molecule has 0 aliphatic rings. The number of carbonyl (C=O) groups excluding carboxylic acids is 1. The molecular formula is C11H14N3O2S-. The van der Waals surface area contributed by atoms with Crippen LogP contribution in [0.2, 0.25) is 0 Å². The van der Waals surface area contributed by atoms with E-state index in [4.69, 9.17) is 12.2 Å². The minimum absolute atomic E-state index is 0.137. The standard InChI is InChI=1S/C11H15N3O2S/c1-7(2)12-11(17)14-13-9-5-3-8(4-6-9)10(15)16/h3-7,13H,1-2H3,(H,15,16)(H2,12,14,17)/p-1. The Morgan fingerprint density at radius 2 is 1.88 bits per heavy atom. The SMILES string of the molecule is CC(C)NC(=S)NNc1ccc(C(=O)[O-])cc1. The van der Waals surface area contributed by atoms with E-state index in [2.05, 4.69) is 16.2 Å². The van der Waals surface area contributed by atoms with Gasteiger partial charge in [0.25, 0.3) is 0 Å². The lowest BCUT2D eigenvalue weighted by molar-refractivity contribution is -0.255. The topological polar surface area (TPSA) is 76.2 Å². The van der Waals surface area contributed by atoms with Gasteiger partial charge in [0.1, 0.15) is 0 Å². The molecule has 6 heteroatoms. The highest BCUT2D eigenvalue weighted by Gasteiger charge is 1.98. The largest absolute Gasteiger partial charge is 0.545 e. The van der Waals surface area contributed by atoms with Crippen molar-refractivity contribution < 1.29 is 9.90 Å². The number of benzene rings is 1. The number of nitrogens with one attached hydrogen (secondary N) is 3. The Hall–Kier alpha value is -1.82. The molecule has 0 aromatic heterocycles. The van der Waals surface area contributed by atoms with Crippen molar-refractivity contribution >= 4 is 29.0 Å². The molecule has 0 saturated heterocycles. The monoisotopic (exact) mass is 252 g/mol. The van der Waals surface area contributed by atoms with Crippen LogP contribution >= 0.6 is 12.2 Å². The second-order valence-electron chi connectivity index (χ2n) is 3.74. The van der Waals surface area contributed by atoms with Crippen LogP contribution < -0.4 is 21.3 Å². The summed E-state index contributed by atoms with van der Waals surface area (Å²) in [5, 5.41) is 14.0. The minimum atomic E-state index is -1.19. The fraction of sp³-hybridized carbons (Fsp3) is 0.273. The lowest BCUT2D eigenvalue weighted by Crippen LogP contribution is -2.41. The molecule has 92 valence electrons. The molecule has 0 amide bonds. The van der Waals surface area contributed by atoms with Gasteiger partial charge < -0.3 is 15.2 Å². The first-order valence-electron chi connectivity index (χ1n) is 5.13. The van der Waals surface area contributed by atoms with Gasteiger partial charge in [-0.05, 0) is 43.8 Å². The maximum absolute atomic E-state index is 10.5. The van der Waals surface area contributed by atoms with E-state index in [9.17, 15) is 9.90 Å². The highest BCUT2D eigenvalue weighted by molar-refractivity contribution is 7.80. The summed E-state index contributed by atoms with van der Waals surface area (Å²) < 4.78 is 0. The summed E-state index contributed by atoms with van der Waals surface area (Å²) in [7, 11) is 0. The van der Waals surface area contributed by atoms with Gasteiger partial charge in [0, 0.05) is 6.04 Å². The third kappa shape index (κ3) is 4.69. The van der Waals surface area contributed by atoms with E-state index in [1.54, 1.807) is 12.1 Å². The Morgan fingerprint density at radius 1 is 1.29 bits per heavy atom. The normalized spacial score (nSPS) is 9.82. The number of carboxylic acid groups (broad SMARTS) is 1.